The monoisotopic (exact) mass is 309 g/mol. The van der Waals surface area contributed by atoms with Crippen LogP contribution < -0.4 is 5.32 Å². The van der Waals surface area contributed by atoms with Crippen molar-refractivity contribution >= 4 is 5.91 Å². The smallest absolute Gasteiger partial charge is 0.251 e. The average molecular weight is 309 g/mol. The van der Waals surface area contributed by atoms with Gasteiger partial charge in [0.1, 0.15) is 0 Å². The number of carbonyl (C=O) groups excluding carboxylic acids is 1. The minimum atomic E-state index is -0.0363. The van der Waals surface area contributed by atoms with E-state index in [9.17, 15) is 4.79 Å². The van der Waals surface area contributed by atoms with Crippen LogP contribution in [0.5, 0.6) is 0 Å². The molecule has 2 aromatic rings. The Labute approximate surface area is 137 Å². The molecule has 1 fully saturated rings. The molecule has 1 aliphatic rings. The third-order valence-electron chi connectivity index (χ3n) is 4.27. The average Bonchev–Trinajstić information content (AvgIpc) is 3.44. The maximum Gasteiger partial charge on any atom is 0.251 e. The molecule has 4 heteroatoms. The van der Waals surface area contributed by atoms with Crippen LogP contribution in [0.25, 0.3) is 0 Å². The predicted molar refractivity (Wildman–Crippen MR) is 91.2 cm³/mol. The van der Waals surface area contributed by atoms with Gasteiger partial charge in [0, 0.05) is 50.1 Å². The highest BCUT2D eigenvalue weighted by Crippen LogP contribution is 2.28. The minimum absolute atomic E-state index is 0.0363. The van der Waals surface area contributed by atoms with Gasteiger partial charge in [0.2, 0.25) is 0 Å². The number of carbonyl (C=O) groups is 1. The summed E-state index contributed by atoms with van der Waals surface area (Å²) in [5.74, 6) is -0.0363. The normalized spacial score (nSPS) is 14.0. The molecular formula is C19H23N3O. The van der Waals surface area contributed by atoms with Gasteiger partial charge in [-0.3, -0.25) is 14.7 Å². The van der Waals surface area contributed by atoms with E-state index < -0.39 is 0 Å². The maximum atomic E-state index is 11.6. The lowest BCUT2D eigenvalue weighted by molar-refractivity contribution is 0.0963. The third kappa shape index (κ3) is 4.39. The highest BCUT2D eigenvalue weighted by molar-refractivity contribution is 5.93. The molecule has 1 aromatic carbocycles. The van der Waals surface area contributed by atoms with Crippen LogP contribution in [-0.4, -0.2) is 35.4 Å². The second-order valence-corrected chi connectivity index (χ2v) is 6.05. The highest BCUT2D eigenvalue weighted by Gasteiger charge is 2.28. The molecule has 1 aliphatic carbocycles. The van der Waals surface area contributed by atoms with E-state index in [1.54, 1.807) is 7.05 Å². The van der Waals surface area contributed by atoms with E-state index in [2.05, 4.69) is 33.4 Å². The van der Waals surface area contributed by atoms with Crippen molar-refractivity contribution in [1.82, 2.24) is 15.2 Å². The minimum Gasteiger partial charge on any atom is -0.355 e. The molecule has 0 bridgehead atoms. The van der Waals surface area contributed by atoms with Crippen LogP contribution in [0.3, 0.4) is 0 Å². The fraction of sp³-hybridized carbons (Fsp3) is 0.368. The van der Waals surface area contributed by atoms with Crippen molar-refractivity contribution in [1.29, 1.82) is 0 Å². The fourth-order valence-corrected chi connectivity index (χ4v) is 2.77. The quantitative estimate of drug-likeness (QED) is 0.855. The van der Waals surface area contributed by atoms with E-state index in [1.807, 2.05) is 30.5 Å². The number of benzene rings is 1. The second-order valence-electron chi connectivity index (χ2n) is 6.05. The summed E-state index contributed by atoms with van der Waals surface area (Å²) in [4.78, 5) is 18.5. The van der Waals surface area contributed by atoms with Gasteiger partial charge in [0.15, 0.2) is 0 Å². The Morgan fingerprint density at radius 3 is 2.61 bits per heavy atom. The standard InChI is InChI=1S/C19H23N3O/c1-20-19(23)16-7-5-15(6-8-16)14-22(18-9-10-18)13-11-17-4-2-3-12-21-17/h2-8,12,18H,9-11,13-14H2,1H3,(H,20,23). The molecule has 4 nitrogen and oxygen atoms in total. The summed E-state index contributed by atoms with van der Waals surface area (Å²) < 4.78 is 0. The number of hydrogen-bond acceptors (Lipinski definition) is 3. The van der Waals surface area contributed by atoms with Crippen molar-refractivity contribution in [2.75, 3.05) is 13.6 Å². The summed E-state index contributed by atoms with van der Waals surface area (Å²) >= 11 is 0. The summed E-state index contributed by atoms with van der Waals surface area (Å²) in [6.45, 7) is 1.96. The van der Waals surface area contributed by atoms with Crippen molar-refractivity contribution in [3.63, 3.8) is 0 Å². The first-order valence-electron chi connectivity index (χ1n) is 8.21. The SMILES string of the molecule is CNC(=O)c1ccc(CN(CCc2ccccn2)C2CC2)cc1. The molecule has 0 atom stereocenters. The van der Waals surface area contributed by atoms with Gasteiger partial charge in [-0.1, -0.05) is 18.2 Å². The highest BCUT2D eigenvalue weighted by atomic mass is 16.1. The molecule has 0 radical (unpaired) electrons. The van der Waals surface area contributed by atoms with E-state index in [1.165, 1.54) is 18.4 Å². The second kappa shape index (κ2) is 7.38. The predicted octanol–water partition coefficient (Wildman–Crippen LogP) is 2.65. The topological polar surface area (TPSA) is 45.2 Å². The largest absolute Gasteiger partial charge is 0.355 e. The summed E-state index contributed by atoms with van der Waals surface area (Å²) in [5.41, 5.74) is 3.11. The number of hydrogen-bond donors (Lipinski definition) is 1. The summed E-state index contributed by atoms with van der Waals surface area (Å²) in [7, 11) is 1.66. The molecule has 0 spiro atoms. The first-order valence-corrected chi connectivity index (χ1v) is 8.21. The molecule has 23 heavy (non-hydrogen) atoms. The number of amides is 1. The Bertz CT molecular complexity index is 635. The van der Waals surface area contributed by atoms with Crippen molar-refractivity contribution in [3.8, 4) is 0 Å². The number of aromatic nitrogens is 1. The van der Waals surface area contributed by atoms with Gasteiger partial charge in [-0.25, -0.2) is 0 Å². The van der Waals surface area contributed by atoms with Crippen LogP contribution in [0.15, 0.2) is 48.7 Å². The van der Waals surface area contributed by atoms with Crippen LogP contribution in [0.2, 0.25) is 0 Å². The van der Waals surface area contributed by atoms with Gasteiger partial charge in [0.05, 0.1) is 0 Å². The number of rotatable bonds is 7. The van der Waals surface area contributed by atoms with Gasteiger partial charge in [-0.05, 0) is 42.7 Å². The zero-order valence-corrected chi connectivity index (χ0v) is 13.5. The molecule has 1 heterocycles. The summed E-state index contributed by atoms with van der Waals surface area (Å²) in [5, 5.41) is 2.65. The molecule has 1 amide bonds. The van der Waals surface area contributed by atoms with Gasteiger partial charge in [-0.15, -0.1) is 0 Å². The van der Waals surface area contributed by atoms with Gasteiger partial charge in [-0.2, -0.15) is 0 Å². The van der Waals surface area contributed by atoms with E-state index >= 15 is 0 Å². The Balaban J connectivity index is 1.60. The van der Waals surface area contributed by atoms with Crippen molar-refractivity contribution in [3.05, 3.63) is 65.5 Å². The van der Waals surface area contributed by atoms with Crippen LogP contribution >= 0.6 is 0 Å². The van der Waals surface area contributed by atoms with Crippen LogP contribution in [0.4, 0.5) is 0 Å². The first-order chi connectivity index (χ1) is 11.3. The Morgan fingerprint density at radius 1 is 1.22 bits per heavy atom. The molecular weight excluding hydrogens is 286 g/mol. The van der Waals surface area contributed by atoms with Gasteiger partial charge < -0.3 is 5.32 Å². The lowest BCUT2D eigenvalue weighted by Crippen LogP contribution is -2.28. The third-order valence-corrected chi connectivity index (χ3v) is 4.27. The number of nitrogens with one attached hydrogen (secondary N) is 1. The molecule has 0 unspecified atom stereocenters. The molecule has 1 N–H and O–H groups in total. The summed E-state index contributed by atoms with van der Waals surface area (Å²) in [6, 6.07) is 14.7. The Hall–Kier alpha value is -2.20. The zero-order chi connectivity index (χ0) is 16.1. The molecule has 0 saturated heterocycles. The Kier molecular flexibility index (Phi) is 5.03. The van der Waals surface area contributed by atoms with Crippen LogP contribution in [0.1, 0.15) is 34.5 Å². The zero-order valence-electron chi connectivity index (χ0n) is 13.5. The van der Waals surface area contributed by atoms with Crippen LogP contribution in [-0.2, 0) is 13.0 Å². The van der Waals surface area contributed by atoms with E-state index in [4.69, 9.17) is 0 Å². The fourth-order valence-electron chi connectivity index (χ4n) is 2.77. The van der Waals surface area contributed by atoms with E-state index in [-0.39, 0.29) is 5.91 Å². The Morgan fingerprint density at radius 2 is 2.00 bits per heavy atom. The lowest BCUT2D eigenvalue weighted by atomic mass is 10.1. The molecule has 1 saturated carbocycles. The maximum absolute atomic E-state index is 11.6. The number of nitrogens with zero attached hydrogens (tertiary/aromatic N) is 2. The number of pyridine rings is 1. The van der Waals surface area contributed by atoms with E-state index in [0.717, 1.165) is 25.2 Å². The van der Waals surface area contributed by atoms with Gasteiger partial charge in [0.25, 0.3) is 5.91 Å². The van der Waals surface area contributed by atoms with E-state index in [0.29, 0.717) is 11.6 Å². The van der Waals surface area contributed by atoms with Crippen molar-refractivity contribution in [2.24, 2.45) is 0 Å². The summed E-state index contributed by atoms with van der Waals surface area (Å²) in [6.07, 6.45) is 5.42. The lowest BCUT2D eigenvalue weighted by Gasteiger charge is -2.22. The van der Waals surface area contributed by atoms with Crippen LogP contribution in [0, 0.1) is 0 Å². The van der Waals surface area contributed by atoms with Crippen molar-refractivity contribution < 1.29 is 4.79 Å². The first kappa shape index (κ1) is 15.7. The molecule has 0 aliphatic heterocycles. The molecule has 3 rings (SSSR count). The molecule has 1 aromatic heterocycles. The van der Waals surface area contributed by atoms with Gasteiger partial charge >= 0.3 is 0 Å². The molecule has 120 valence electrons. The van der Waals surface area contributed by atoms with Crippen molar-refractivity contribution in [2.45, 2.75) is 31.8 Å².